The summed E-state index contributed by atoms with van der Waals surface area (Å²) in [5, 5.41) is 0.702. The lowest BCUT2D eigenvalue weighted by Gasteiger charge is -2.17. The van der Waals surface area contributed by atoms with E-state index in [0.717, 1.165) is 39.5 Å². The Morgan fingerprint density at radius 1 is 0.656 bits per heavy atom. The van der Waals surface area contributed by atoms with Gasteiger partial charge in [-0.2, -0.15) is 0 Å². The van der Waals surface area contributed by atoms with Gasteiger partial charge in [-0.05, 0) is 54.1 Å². The van der Waals surface area contributed by atoms with Gasteiger partial charge in [0, 0.05) is 10.6 Å². The molecule has 0 aliphatic rings. The zero-order valence-electron chi connectivity index (χ0n) is 16.9. The normalized spacial score (nSPS) is 10.8. The molecule has 0 bridgehead atoms. The summed E-state index contributed by atoms with van der Waals surface area (Å²) in [5.41, 5.74) is 4.20. The Kier molecular flexibility index (Phi) is 7.82. The third kappa shape index (κ3) is 7.03. The largest absolute Gasteiger partial charge is 0.497 e. The van der Waals surface area contributed by atoms with Crippen molar-refractivity contribution in [3.8, 4) is 39.5 Å². The molecule has 6 nitrogen and oxygen atoms in total. The van der Waals surface area contributed by atoms with Crippen molar-refractivity contribution in [2.24, 2.45) is 0 Å². The van der Waals surface area contributed by atoms with Crippen LogP contribution in [0.4, 0.5) is 0 Å². The van der Waals surface area contributed by atoms with Crippen molar-refractivity contribution in [1.29, 1.82) is 0 Å². The molecule has 0 amide bonds. The van der Waals surface area contributed by atoms with E-state index in [0.29, 0.717) is 5.02 Å². The molecule has 3 aromatic carbocycles. The Morgan fingerprint density at radius 3 is 1.59 bits per heavy atom. The number of benzene rings is 3. The van der Waals surface area contributed by atoms with E-state index in [1.165, 1.54) is 0 Å². The molecule has 0 aliphatic heterocycles. The van der Waals surface area contributed by atoms with Gasteiger partial charge in [-0.15, -0.1) is 10.2 Å². The maximum Gasteiger partial charge on any atom is 0.361 e. The highest BCUT2D eigenvalue weighted by atomic mass is 35.7. The van der Waals surface area contributed by atoms with Crippen molar-refractivity contribution in [3.63, 3.8) is 0 Å². The van der Waals surface area contributed by atoms with Gasteiger partial charge >= 0.3 is 11.5 Å². The summed E-state index contributed by atoms with van der Waals surface area (Å²) in [4.78, 5) is 0. The highest BCUT2D eigenvalue weighted by Crippen LogP contribution is 2.33. The van der Waals surface area contributed by atoms with Crippen LogP contribution in [0.3, 0.4) is 0 Å². The maximum atomic E-state index is 8.49. The minimum atomic E-state index is -4.94. The number of rotatable bonds is 4. The Bertz CT molecular complexity index is 1140. The van der Waals surface area contributed by atoms with E-state index in [9.17, 15) is 0 Å². The molecule has 0 N–H and O–H groups in total. The van der Waals surface area contributed by atoms with E-state index >= 15 is 0 Å². The predicted molar refractivity (Wildman–Crippen MR) is 111 cm³/mol. The summed E-state index contributed by atoms with van der Waals surface area (Å²) in [5.74, 6) is 2.40. The van der Waals surface area contributed by atoms with E-state index in [-0.39, 0.29) is 0 Å². The first kappa shape index (κ1) is 23.7. The van der Waals surface area contributed by atoms with Crippen LogP contribution in [0.25, 0.3) is 33.8 Å². The zero-order valence-corrected chi connectivity index (χ0v) is 18.4. The van der Waals surface area contributed by atoms with Gasteiger partial charge in [0.2, 0.25) is 0 Å². The summed E-state index contributed by atoms with van der Waals surface area (Å²) >= 11 is 6.04. The number of halogens is 2. The lowest BCUT2D eigenvalue weighted by Crippen LogP contribution is -2.68. The van der Waals surface area contributed by atoms with Crippen molar-refractivity contribution in [2.75, 3.05) is 7.11 Å². The second kappa shape index (κ2) is 10.6. The minimum Gasteiger partial charge on any atom is -0.497 e. The van der Waals surface area contributed by atoms with Crippen molar-refractivity contribution < 1.29 is 38.0 Å². The van der Waals surface area contributed by atoms with Crippen LogP contribution < -0.4 is 23.4 Å². The third-order valence-electron chi connectivity index (χ3n) is 4.40. The van der Waals surface area contributed by atoms with Crippen LogP contribution in [0, 0.1) is 10.2 Å². The van der Waals surface area contributed by atoms with Crippen LogP contribution in [-0.2, 0) is 0 Å². The molecule has 8 heteroatoms. The van der Waals surface area contributed by atoms with Crippen molar-refractivity contribution in [1.82, 2.24) is 0 Å². The molecular weight excluding hydrogens is 455 g/mol. The highest BCUT2D eigenvalue weighted by molar-refractivity contribution is 6.30. The molecule has 0 saturated carbocycles. The Labute approximate surface area is 192 Å². The van der Waals surface area contributed by atoms with Gasteiger partial charge in [-0.3, -0.25) is 0 Å². The van der Waals surface area contributed by atoms with E-state index in [4.69, 9.17) is 39.4 Å². The summed E-state index contributed by atoms with van der Waals surface area (Å²) < 4.78 is 45.5. The average Bonchev–Trinajstić information content (AvgIpc) is 2.79. The molecular formula is C24H18Cl2O6. The molecule has 0 aliphatic carbocycles. The Hall–Kier alpha value is -2.97. The van der Waals surface area contributed by atoms with Gasteiger partial charge in [-0.25, -0.2) is 23.1 Å². The first-order valence-corrected chi connectivity index (χ1v) is 10.9. The average molecular weight is 473 g/mol. The maximum absolute atomic E-state index is 8.49. The number of hydrogen-bond acceptors (Lipinski definition) is 5. The van der Waals surface area contributed by atoms with Crippen LogP contribution in [-0.4, -0.2) is 7.11 Å². The van der Waals surface area contributed by atoms with Crippen molar-refractivity contribution >= 4 is 11.6 Å². The SMILES string of the molecule is COc1ccc(-c2cc(-c3ccccc3)cc(-c3ccc(Cl)cc3)[o+]2)cc1.[O-][Cl+3]([O-])([O-])[O-]. The molecule has 0 radical (unpaired) electrons. The Balaban J connectivity index is 0.000000523. The molecule has 164 valence electrons. The van der Waals surface area contributed by atoms with Crippen molar-refractivity contribution in [2.45, 2.75) is 0 Å². The van der Waals surface area contributed by atoms with Crippen LogP contribution >= 0.6 is 11.6 Å². The third-order valence-corrected chi connectivity index (χ3v) is 4.66. The standard InChI is InChI=1S/C24H18ClO2.ClHO4/c1-26-22-13-9-19(10-14-22)24-16-20(17-5-3-2-4-6-17)15-23(27-24)18-7-11-21(25)12-8-18;2-1(3,4)5/h2-16H,1H3;(H,2,3,4,5)/q+1;/p-1. The quantitative estimate of drug-likeness (QED) is 0.421. The fourth-order valence-electron chi connectivity index (χ4n) is 2.95. The topological polar surface area (TPSA) is 113 Å². The second-order valence-electron chi connectivity index (χ2n) is 6.55. The molecule has 1 aromatic heterocycles. The van der Waals surface area contributed by atoms with Crippen LogP contribution in [0.5, 0.6) is 5.75 Å². The number of methoxy groups -OCH3 is 1. The molecule has 32 heavy (non-hydrogen) atoms. The van der Waals surface area contributed by atoms with E-state index in [1.54, 1.807) is 7.11 Å². The molecule has 0 fully saturated rings. The molecule has 0 unspecified atom stereocenters. The molecule has 0 atom stereocenters. The predicted octanol–water partition coefficient (Wildman–Crippen LogP) is 2.47. The van der Waals surface area contributed by atoms with Gasteiger partial charge < -0.3 is 4.74 Å². The van der Waals surface area contributed by atoms with Crippen LogP contribution in [0.2, 0.25) is 5.02 Å². The van der Waals surface area contributed by atoms with Gasteiger partial charge in [-0.1, -0.05) is 41.9 Å². The molecule has 4 rings (SSSR count). The highest BCUT2D eigenvalue weighted by Gasteiger charge is 2.20. The molecule has 0 saturated heterocycles. The Morgan fingerprint density at radius 2 is 1.12 bits per heavy atom. The van der Waals surface area contributed by atoms with Gasteiger partial charge in [0.25, 0.3) is 0 Å². The minimum absolute atomic E-state index is 0.702. The second-order valence-corrected chi connectivity index (χ2v) is 7.75. The fourth-order valence-corrected chi connectivity index (χ4v) is 3.08. The summed E-state index contributed by atoms with van der Waals surface area (Å²) in [6, 6.07) is 29.9. The molecule has 4 aromatic rings. The van der Waals surface area contributed by atoms with E-state index < -0.39 is 10.2 Å². The van der Waals surface area contributed by atoms with E-state index in [2.05, 4.69) is 24.3 Å². The summed E-state index contributed by atoms with van der Waals surface area (Å²) in [7, 11) is -3.28. The lowest BCUT2D eigenvalue weighted by molar-refractivity contribution is -2.00. The van der Waals surface area contributed by atoms with Crippen molar-refractivity contribution in [3.05, 3.63) is 96.0 Å². The smallest absolute Gasteiger partial charge is 0.361 e. The summed E-state index contributed by atoms with van der Waals surface area (Å²) in [6.07, 6.45) is 0. The lowest BCUT2D eigenvalue weighted by atomic mass is 10.0. The zero-order chi connectivity index (χ0) is 23.1. The first-order chi connectivity index (χ1) is 15.2. The summed E-state index contributed by atoms with van der Waals surface area (Å²) in [6.45, 7) is 0. The molecule has 1 heterocycles. The van der Waals surface area contributed by atoms with Crippen LogP contribution in [0.1, 0.15) is 0 Å². The number of ether oxygens (including phenoxy) is 1. The van der Waals surface area contributed by atoms with Crippen LogP contribution in [0.15, 0.2) is 95.4 Å². The number of hydrogen-bond donors (Lipinski definition) is 0. The molecule has 0 spiro atoms. The fraction of sp³-hybridized carbons (Fsp3) is 0.0417. The monoisotopic (exact) mass is 472 g/mol. The van der Waals surface area contributed by atoms with Gasteiger partial charge in [0.1, 0.15) is 5.75 Å². The van der Waals surface area contributed by atoms with E-state index in [1.807, 2.05) is 66.7 Å². The first-order valence-electron chi connectivity index (χ1n) is 9.28. The van der Waals surface area contributed by atoms with Gasteiger partial charge in [0.05, 0.1) is 30.4 Å². The van der Waals surface area contributed by atoms with Gasteiger partial charge in [0.15, 0.2) is 0 Å².